The van der Waals surface area contributed by atoms with Gasteiger partial charge < -0.3 is 4.74 Å². The van der Waals surface area contributed by atoms with Gasteiger partial charge in [0.05, 0.1) is 13.2 Å². The van der Waals surface area contributed by atoms with E-state index in [-0.39, 0.29) is 0 Å². The van der Waals surface area contributed by atoms with Crippen molar-refractivity contribution < 1.29 is 4.74 Å². The van der Waals surface area contributed by atoms with Crippen molar-refractivity contribution in [1.82, 2.24) is 20.1 Å². The van der Waals surface area contributed by atoms with E-state index in [1.807, 2.05) is 6.92 Å². The zero-order valence-electron chi connectivity index (χ0n) is 12.0. The second kappa shape index (κ2) is 5.73. The lowest BCUT2D eigenvalue weighted by Crippen LogP contribution is -2.37. The number of ether oxygens (including phenoxy) is 1. The number of aromatic nitrogens is 3. The Morgan fingerprint density at radius 1 is 1.20 bits per heavy atom. The van der Waals surface area contributed by atoms with Crippen molar-refractivity contribution in [3.8, 4) is 11.4 Å². The predicted octanol–water partition coefficient (Wildman–Crippen LogP) is 2.17. The standard InChI is InChI=1S/C15H20N4O/c1-11(19-7-9-20-10-8-19)13-3-5-14(6-4-13)15-16-12(2)17-18-15/h3-6,11H,7-10H2,1-2H3,(H,16,17,18). The Morgan fingerprint density at radius 3 is 2.50 bits per heavy atom. The van der Waals surface area contributed by atoms with Gasteiger partial charge in [-0.05, 0) is 19.4 Å². The van der Waals surface area contributed by atoms with Crippen LogP contribution in [-0.2, 0) is 4.74 Å². The summed E-state index contributed by atoms with van der Waals surface area (Å²) >= 11 is 0. The number of rotatable bonds is 3. The van der Waals surface area contributed by atoms with E-state index in [0.717, 1.165) is 43.5 Å². The molecular weight excluding hydrogens is 252 g/mol. The predicted molar refractivity (Wildman–Crippen MR) is 77.4 cm³/mol. The molecule has 5 nitrogen and oxygen atoms in total. The van der Waals surface area contributed by atoms with Crippen LogP contribution < -0.4 is 0 Å². The van der Waals surface area contributed by atoms with Crippen LogP contribution in [0.2, 0.25) is 0 Å². The van der Waals surface area contributed by atoms with E-state index in [1.165, 1.54) is 5.56 Å². The minimum absolute atomic E-state index is 0.418. The smallest absolute Gasteiger partial charge is 0.181 e. The van der Waals surface area contributed by atoms with Gasteiger partial charge in [0.25, 0.3) is 0 Å². The molecule has 1 aliphatic heterocycles. The lowest BCUT2D eigenvalue weighted by molar-refractivity contribution is 0.0198. The molecule has 2 heterocycles. The summed E-state index contributed by atoms with van der Waals surface area (Å²) in [5.41, 5.74) is 2.37. The highest BCUT2D eigenvalue weighted by molar-refractivity contribution is 5.55. The fourth-order valence-electron chi connectivity index (χ4n) is 2.56. The molecule has 1 saturated heterocycles. The van der Waals surface area contributed by atoms with Crippen molar-refractivity contribution >= 4 is 0 Å². The van der Waals surface area contributed by atoms with Gasteiger partial charge in [0.2, 0.25) is 0 Å². The van der Waals surface area contributed by atoms with Crippen molar-refractivity contribution in [1.29, 1.82) is 0 Å². The molecule has 106 valence electrons. The number of hydrogen-bond donors (Lipinski definition) is 1. The summed E-state index contributed by atoms with van der Waals surface area (Å²) in [7, 11) is 0. The average Bonchev–Trinajstić information content (AvgIpc) is 2.94. The van der Waals surface area contributed by atoms with Crippen LogP contribution in [0.4, 0.5) is 0 Å². The molecule has 1 unspecified atom stereocenters. The summed E-state index contributed by atoms with van der Waals surface area (Å²) in [6, 6.07) is 8.94. The van der Waals surface area contributed by atoms with Crippen LogP contribution in [0.3, 0.4) is 0 Å². The first-order chi connectivity index (χ1) is 9.74. The number of nitrogens with zero attached hydrogens (tertiary/aromatic N) is 3. The monoisotopic (exact) mass is 272 g/mol. The zero-order valence-corrected chi connectivity index (χ0v) is 12.0. The Balaban J connectivity index is 1.75. The highest BCUT2D eigenvalue weighted by Crippen LogP contribution is 2.23. The first kappa shape index (κ1) is 13.3. The summed E-state index contributed by atoms with van der Waals surface area (Å²) in [6.07, 6.45) is 0. The fraction of sp³-hybridized carbons (Fsp3) is 0.467. The van der Waals surface area contributed by atoms with Crippen LogP contribution in [0.5, 0.6) is 0 Å². The summed E-state index contributed by atoms with van der Waals surface area (Å²) < 4.78 is 5.40. The van der Waals surface area contributed by atoms with E-state index >= 15 is 0 Å². The molecular formula is C15H20N4O. The molecule has 3 rings (SSSR count). The summed E-state index contributed by atoms with van der Waals surface area (Å²) in [5.74, 6) is 1.60. The Morgan fingerprint density at radius 2 is 1.90 bits per heavy atom. The van der Waals surface area contributed by atoms with Crippen LogP contribution in [0.1, 0.15) is 24.4 Å². The van der Waals surface area contributed by atoms with Crippen molar-refractivity contribution in [3.63, 3.8) is 0 Å². The zero-order chi connectivity index (χ0) is 13.9. The number of H-pyrrole nitrogens is 1. The van der Waals surface area contributed by atoms with Gasteiger partial charge in [-0.2, -0.15) is 5.10 Å². The van der Waals surface area contributed by atoms with Crippen LogP contribution >= 0.6 is 0 Å². The van der Waals surface area contributed by atoms with Crippen molar-refractivity contribution in [2.24, 2.45) is 0 Å². The maximum atomic E-state index is 5.40. The molecule has 1 N–H and O–H groups in total. The molecule has 0 amide bonds. The number of aryl methyl sites for hydroxylation is 1. The third-order valence-corrected chi connectivity index (χ3v) is 3.84. The first-order valence-electron chi connectivity index (χ1n) is 7.05. The van der Waals surface area contributed by atoms with E-state index in [2.05, 4.69) is 51.3 Å². The van der Waals surface area contributed by atoms with Gasteiger partial charge in [0, 0.05) is 24.7 Å². The Labute approximate surface area is 119 Å². The lowest BCUT2D eigenvalue weighted by atomic mass is 10.0. The molecule has 1 aromatic carbocycles. The van der Waals surface area contributed by atoms with Gasteiger partial charge in [-0.1, -0.05) is 24.3 Å². The molecule has 2 aromatic rings. The van der Waals surface area contributed by atoms with E-state index in [1.54, 1.807) is 0 Å². The summed E-state index contributed by atoms with van der Waals surface area (Å²) in [6.45, 7) is 7.83. The van der Waals surface area contributed by atoms with Crippen molar-refractivity contribution in [2.45, 2.75) is 19.9 Å². The second-order valence-electron chi connectivity index (χ2n) is 5.19. The van der Waals surface area contributed by atoms with Gasteiger partial charge in [-0.15, -0.1) is 0 Å². The van der Waals surface area contributed by atoms with Crippen LogP contribution in [-0.4, -0.2) is 46.4 Å². The topological polar surface area (TPSA) is 54.0 Å². The third-order valence-electron chi connectivity index (χ3n) is 3.84. The Bertz CT molecular complexity index is 558. The number of morpholine rings is 1. The largest absolute Gasteiger partial charge is 0.379 e. The number of hydrogen-bond acceptors (Lipinski definition) is 4. The Kier molecular flexibility index (Phi) is 3.80. The first-order valence-corrected chi connectivity index (χ1v) is 7.05. The second-order valence-corrected chi connectivity index (χ2v) is 5.19. The maximum Gasteiger partial charge on any atom is 0.181 e. The average molecular weight is 272 g/mol. The maximum absolute atomic E-state index is 5.40. The van der Waals surface area contributed by atoms with E-state index in [9.17, 15) is 0 Å². The van der Waals surface area contributed by atoms with Gasteiger partial charge in [0.1, 0.15) is 5.82 Å². The molecule has 5 heteroatoms. The molecule has 20 heavy (non-hydrogen) atoms. The number of benzene rings is 1. The normalized spacial score (nSPS) is 18.1. The quantitative estimate of drug-likeness (QED) is 0.930. The van der Waals surface area contributed by atoms with Gasteiger partial charge in [0.15, 0.2) is 5.82 Å². The van der Waals surface area contributed by atoms with Crippen LogP contribution in [0.15, 0.2) is 24.3 Å². The summed E-state index contributed by atoms with van der Waals surface area (Å²) in [4.78, 5) is 6.81. The number of nitrogens with one attached hydrogen (secondary N) is 1. The van der Waals surface area contributed by atoms with Crippen molar-refractivity contribution in [3.05, 3.63) is 35.7 Å². The van der Waals surface area contributed by atoms with Gasteiger partial charge >= 0.3 is 0 Å². The fourth-order valence-corrected chi connectivity index (χ4v) is 2.56. The van der Waals surface area contributed by atoms with Crippen LogP contribution in [0, 0.1) is 6.92 Å². The molecule has 1 atom stereocenters. The van der Waals surface area contributed by atoms with Gasteiger partial charge in [-0.3, -0.25) is 10.00 Å². The van der Waals surface area contributed by atoms with E-state index in [0.29, 0.717) is 6.04 Å². The summed E-state index contributed by atoms with van der Waals surface area (Å²) in [5, 5.41) is 7.06. The molecule has 0 radical (unpaired) electrons. The molecule has 0 spiro atoms. The molecule has 1 aromatic heterocycles. The molecule has 0 saturated carbocycles. The number of aromatic amines is 1. The highest BCUT2D eigenvalue weighted by Gasteiger charge is 2.18. The minimum Gasteiger partial charge on any atom is -0.379 e. The molecule has 0 bridgehead atoms. The van der Waals surface area contributed by atoms with Crippen molar-refractivity contribution in [2.75, 3.05) is 26.3 Å². The van der Waals surface area contributed by atoms with E-state index < -0.39 is 0 Å². The van der Waals surface area contributed by atoms with Crippen LogP contribution in [0.25, 0.3) is 11.4 Å². The minimum atomic E-state index is 0.418. The molecule has 1 aliphatic rings. The van der Waals surface area contributed by atoms with E-state index in [4.69, 9.17) is 4.74 Å². The molecule has 1 fully saturated rings. The lowest BCUT2D eigenvalue weighted by Gasteiger charge is -2.32. The third kappa shape index (κ3) is 2.73. The van der Waals surface area contributed by atoms with Gasteiger partial charge in [-0.25, -0.2) is 4.98 Å². The molecule has 0 aliphatic carbocycles. The highest BCUT2D eigenvalue weighted by atomic mass is 16.5. The SMILES string of the molecule is Cc1nc(-c2ccc(C(C)N3CCOCC3)cc2)n[nH]1. The Hall–Kier alpha value is -1.72.